The van der Waals surface area contributed by atoms with Gasteiger partial charge in [-0.2, -0.15) is 0 Å². The first kappa shape index (κ1) is 23.3. The molecule has 0 spiro atoms. The van der Waals surface area contributed by atoms with E-state index in [0.29, 0.717) is 25.4 Å². The summed E-state index contributed by atoms with van der Waals surface area (Å²) < 4.78 is 10.8. The molecule has 1 saturated heterocycles. The smallest absolute Gasteiger partial charge is 0.305 e. The molecule has 0 saturated carbocycles. The Morgan fingerprint density at radius 2 is 1.77 bits per heavy atom. The highest BCUT2D eigenvalue weighted by atomic mass is 16.5. The Bertz CT molecular complexity index is 831. The summed E-state index contributed by atoms with van der Waals surface area (Å²) in [6.45, 7) is 4.11. The van der Waals surface area contributed by atoms with Crippen molar-refractivity contribution in [1.29, 1.82) is 0 Å². The van der Waals surface area contributed by atoms with Crippen LogP contribution in [-0.2, 0) is 26.1 Å². The van der Waals surface area contributed by atoms with Gasteiger partial charge in [0.15, 0.2) is 0 Å². The van der Waals surface area contributed by atoms with E-state index in [1.54, 1.807) is 13.2 Å². The fourth-order valence-electron chi connectivity index (χ4n) is 4.61. The number of likely N-dealkylation sites (tertiary alicyclic amines) is 1. The molecule has 2 N–H and O–H groups in total. The Morgan fingerprint density at radius 3 is 2.45 bits per heavy atom. The quantitative estimate of drug-likeness (QED) is 0.535. The van der Waals surface area contributed by atoms with Crippen molar-refractivity contribution in [2.75, 3.05) is 46.6 Å². The number of aliphatic carboxylic acids is 1. The highest BCUT2D eigenvalue weighted by Gasteiger charge is 2.40. The van der Waals surface area contributed by atoms with Gasteiger partial charge in [0.1, 0.15) is 5.75 Å². The van der Waals surface area contributed by atoms with E-state index in [1.807, 2.05) is 12.1 Å². The first-order valence-corrected chi connectivity index (χ1v) is 10.9. The SMILES string of the molecule is COCCN1CCC(c2ccccc2)(c2c(O)cccc2CCOCCC(=O)O)CC1. The lowest BCUT2D eigenvalue weighted by atomic mass is 9.66. The molecule has 0 radical (unpaired) electrons. The zero-order valence-electron chi connectivity index (χ0n) is 18.3. The number of hydrogen-bond donors (Lipinski definition) is 2. The van der Waals surface area contributed by atoms with Crippen LogP contribution in [0.15, 0.2) is 48.5 Å². The number of nitrogens with zero attached hydrogens (tertiary/aromatic N) is 1. The van der Waals surface area contributed by atoms with Crippen LogP contribution < -0.4 is 0 Å². The summed E-state index contributed by atoms with van der Waals surface area (Å²) in [7, 11) is 1.73. The molecule has 168 valence electrons. The van der Waals surface area contributed by atoms with E-state index in [-0.39, 0.29) is 18.4 Å². The van der Waals surface area contributed by atoms with Crippen molar-refractivity contribution >= 4 is 5.97 Å². The lowest BCUT2D eigenvalue weighted by Crippen LogP contribution is -2.44. The third-order valence-electron chi connectivity index (χ3n) is 6.23. The van der Waals surface area contributed by atoms with Crippen molar-refractivity contribution in [2.24, 2.45) is 0 Å². The van der Waals surface area contributed by atoms with Crippen molar-refractivity contribution in [1.82, 2.24) is 4.90 Å². The minimum Gasteiger partial charge on any atom is -0.508 e. The molecule has 0 unspecified atom stereocenters. The van der Waals surface area contributed by atoms with Crippen molar-refractivity contribution in [2.45, 2.75) is 31.1 Å². The molecule has 0 bridgehead atoms. The average Bonchev–Trinajstić information content (AvgIpc) is 2.78. The number of carboxylic acid groups (broad SMARTS) is 1. The van der Waals surface area contributed by atoms with E-state index < -0.39 is 5.97 Å². The summed E-state index contributed by atoms with van der Waals surface area (Å²) in [4.78, 5) is 13.1. The highest BCUT2D eigenvalue weighted by Crippen LogP contribution is 2.46. The van der Waals surface area contributed by atoms with Crippen LogP contribution in [0.1, 0.15) is 36.0 Å². The summed E-state index contributed by atoms with van der Waals surface area (Å²) in [6.07, 6.45) is 2.44. The molecule has 1 aliphatic heterocycles. The van der Waals surface area contributed by atoms with Gasteiger partial charge in [0.05, 0.1) is 26.2 Å². The normalized spacial score (nSPS) is 16.3. The topological polar surface area (TPSA) is 79.2 Å². The number of phenols is 1. The largest absolute Gasteiger partial charge is 0.508 e. The third kappa shape index (κ3) is 5.85. The molecule has 0 atom stereocenters. The van der Waals surface area contributed by atoms with E-state index in [0.717, 1.165) is 43.6 Å². The van der Waals surface area contributed by atoms with E-state index >= 15 is 0 Å². The number of hydrogen-bond acceptors (Lipinski definition) is 5. The van der Waals surface area contributed by atoms with Crippen LogP contribution in [-0.4, -0.2) is 67.6 Å². The van der Waals surface area contributed by atoms with E-state index in [4.69, 9.17) is 14.6 Å². The predicted molar refractivity (Wildman–Crippen MR) is 120 cm³/mol. The Hall–Kier alpha value is -2.41. The molecule has 1 aliphatic rings. The summed E-state index contributed by atoms with van der Waals surface area (Å²) in [5.41, 5.74) is 2.99. The van der Waals surface area contributed by atoms with Crippen LogP contribution in [0.2, 0.25) is 0 Å². The van der Waals surface area contributed by atoms with E-state index in [1.165, 1.54) is 5.56 Å². The van der Waals surface area contributed by atoms with Crippen molar-refractivity contribution in [3.05, 3.63) is 65.2 Å². The highest BCUT2D eigenvalue weighted by molar-refractivity contribution is 5.66. The number of carboxylic acids is 1. The molecule has 6 heteroatoms. The fraction of sp³-hybridized carbons (Fsp3) is 0.480. The molecule has 0 aromatic heterocycles. The van der Waals surface area contributed by atoms with Gasteiger partial charge in [0.2, 0.25) is 0 Å². The van der Waals surface area contributed by atoms with Crippen LogP contribution >= 0.6 is 0 Å². The molecular formula is C25H33NO5. The lowest BCUT2D eigenvalue weighted by Gasteiger charge is -2.44. The fourth-order valence-corrected chi connectivity index (χ4v) is 4.61. The van der Waals surface area contributed by atoms with E-state index in [2.05, 4.69) is 35.2 Å². The Morgan fingerprint density at radius 1 is 1.03 bits per heavy atom. The van der Waals surface area contributed by atoms with Crippen LogP contribution in [0.3, 0.4) is 0 Å². The molecule has 3 rings (SSSR count). The van der Waals surface area contributed by atoms with Crippen LogP contribution in [0, 0.1) is 0 Å². The minimum atomic E-state index is -0.860. The van der Waals surface area contributed by atoms with Crippen molar-refractivity contribution in [3.8, 4) is 5.75 Å². The summed E-state index contributed by atoms with van der Waals surface area (Å²) in [5.74, 6) is -0.543. The Labute approximate surface area is 184 Å². The van der Waals surface area contributed by atoms with Gasteiger partial charge in [-0.1, -0.05) is 42.5 Å². The second kappa shape index (κ2) is 11.3. The van der Waals surface area contributed by atoms with Gasteiger partial charge in [0.25, 0.3) is 0 Å². The molecule has 6 nitrogen and oxygen atoms in total. The number of aromatic hydroxyl groups is 1. The molecule has 2 aromatic carbocycles. The number of methoxy groups -OCH3 is 1. The predicted octanol–water partition coefficient (Wildman–Crippen LogP) is 3.45. The molecule has 1 heterocycles. The molecule has 0 amide bonds. The van der Waals surface area contributed by atoms with Crippen LogP contribution in [0.4, 0.5) is 0 Å². The number of piperidine rings is 1. The molecule has 2 aromatic rings. The number of benzene rings is 2. The van der Waals surface area contributed by atoms with Crippen molar-refractivity contribution < 1.29 is 24.5 Å². The second-order valence-corrected chi connectivity index (χ2v) is 8.10. The van der Waals surface area contributed by atoms with Gasteiger partial charge < -0.3 is 24.6 Å². The van der Waals surface area contributed by atoms with Gasteiger partial charge in [-0.3, -0.25) is 4.79 Å². The third-order valence-corrected chi connectivity index (χ3v) is 6.23. The Kier molecular flexibility index (Phi) is 8.46. The molecule has 31 heavy (non-hydrogen) atoms. The van der Waals surface area contributed by atoms with Gasteiger partial charge in [-0.05, 0) is 49.5 Å². The monoisotopic (exact) mass is 427 g/mol. The molecule has 0 aliphatic carbocycles. The van der Waals surface area contributed by atoms with Gasteiger partial charge in [-0.25, -0.2) is 0 Å². The first-order valence-electron chi connectivity index (χ1n) is 10.9. The zero-order valence-corrected chi connectivity index (χ0v) is 18.3. The zero-order chi connectivity index (χ0) is 22.1. The average molecular weight is 428 g/mol. The first-order chi connectivity index (χ1) is 15.1. The van der Waals surface area contributed by atoms with Gasteiger partial charge in [0, 0.05) is 24.6 Å². The van der Waals surface area contributed by atoms with Gasteiger partial charge >= 0.3 is 5.97 Å². The summed E-state index contributed by atoms with van der Waals surface area (Å²) in [5, 5.41) is 19.8. The summed E-state index contributed by atoms with van der Waals surface area (Å²) >= 11 is 0. The van der Waals surface area contributed by atoms with Crippen LogP contribution in [0.5, 0.6) is 5.75 Å². The summed E-state index contributed by atoms with van der Waals surface area (Å²) in [6, 6.07) is 16.1. The Balaban J connectivity index is 1.87. The lowest BCUT2D eigenvalue weighted by molar-refractivity contribution is -0.138. The van der Waals surface area contributed by atoms with Crippen molar-refractivity contribution in [3.63, 3.8) is 0 Å². The van der Waals surface area contributed by atoms with E-state index in [9.17, 15) is 9.90 Å². The van der Waals surface area contributed by atoms with Gasteiger partial charge in [-0.15, -0.1) is 0 Å². The molecular weight excluding hydrogens is 394 g/mol. The van der Waals surface area contributed by atoms with Crippen LogP contribution in [0.25, 0.3) is 0 Å². The number of carbonyl (C=O) groups is 1. The number of rotatable bonds is 11. The second-order valence-electron chi connectivity index (χ2n) is 8.10. The molecule has 1 fully saturated rings. The number of phenolic OH excluding ortho intramolecular Hbond substituents is 1. The minimum absolute atomic E-state index is 0.00183. The number of ether oxygens (including phenoxy) is 2. The maximum Gasteiger partial charge on any atom is 0.305 e. The maximum atomic E-state index is 11.0. The standard InChI is InChI=1S/C25H33NO5/c1-30-19-16-26-14-12-25(13-15-26,21-7-3-2-4-8-21)24-20(6-5-9-22(24)27)10-17-31-18-11-23(28)29/h2-9,27H,10-19H2,1H3,(H,28,29). The maximum absolute atomic E-state index is 11.0.